The number of aromatic nitrogens is 10. The molecule has 18 rings (SSSR count). The van der Waals surface area contributed by atoms with Gasteiger partial charge in [0.05, 0.1) is 45.6 Å². The van der Waals surface area contributed by atoms with E-state index < -0.39 is 0 Å². The Morgan fingerprint density at radius 3 is 0.905 bits per heavy atom. The quantitative estimate of drug-likeness (QED) is 0.119. The van der Waals surface area contributed by atoms with Gasteiger partial charge in [-0.25, -0.2) is 19.9 Å². The van der Waals surface area contributed by atoms with Crippen LogP contribution in [0.25, 0.3) is 167 Å². The molecule has 5 fully saturated rings. The van der Waals surface area contributed by atoms with E-state index in [4.69, 9.17) is 50.5 Å². The SMILES string of the molecule is C1=CC(c2c3nc(c(C4CCNCC4)c4ccc([n-]4)c(-c4ccncc4)c4nc(c(-c5ccncc5)c5ccc2[n-]5)C=C4)C=C3)=CC[N-]1.C1=Cc2nc1c(C1CC[N-]CC1)c1ccc([n-]1)c(C1CCNCC1)c1nc(c(C3CC[N-]CC3)c3ccc([n-]3)c2C2CCNCC2)C=C1.[NH2-].[NH2-].[NH2-].[NH2-].[NH2-].[Zn+2].[Zn].[Zn].[Zn]. The largest absolute Gasteiger partial charge is 2.00 e. The van der Waals surface area contributed by atoms with E-state index in [0.717, 1.165) is 253 Å². The van der Waals surface area contributed by atoms with Crippen LogP contribution in [-0.4, -0.2) is 102 Å². The Morgan fingerprint density at radius 2 is 0.571 bits per heavy atom. The maximum Gasteiger partial charge on any atom is 2.00 e. The van der Waals surface area contributed by atoms with Crippen LogP contribution in [0.1, 0.15) is 173 Å². The number of piperidine rings is 5. The summed E-state index contributed by atoms with van der Waals surface area (Å²) in [6.07, 6.45) is 41.5. The molecule has 0 saturated carbocycles. The second-order valence-corrected chi connectivity index (χ2v) is 26.7. The molecule has 0 spiro atoms. The molecule has 0 radical (unpaired) electrons. The Bertz CT molecular complexity index is 4570. The third-order valence-electron chi connectivity index (χ3n) is 21.0. The predicted molar refractivity (Wildman–Crippen MR) is 416 cm³/mol. The molecule has 16 bridgehead atoms. The van der Waals surface area contributed by atoms with Crippen molar-refractivity contribution in [3.63, 3.8) is 0 Å². The van der Waals surface area contributed by atoms with Gasteiger partial charge in [0.25, 0.3) is 0 Å². The van der Waals surface area contributed by atoms with Crippen LogP contribution >= 0.6 is 0 Å². The average Bonchev–Trinajstić information content (AvgIpc) is 1.63. The summed E-state index contributed by atoms with van der Waals surface area (Å²) in [4.78, 5) is 51.9. The van der Waals surface area contributed by atoms with Gasteiger partial charge in [0.1, 0.15) is 0 Å². The van der Waals surface area contributed by atoms with E-state index in [0.29, 0.717) is 36.1 Å². The summed E-state index contributed by atoms with van der Waals surface area (Å²) in [7, 11) is 0. The Morgan fingerprint density at radius 1 is 0.305 bits per heavy atom. The first-order valence-corrected chi connectivity index (χ1v) is 34.9. The first-order valence-electron chi connectivity index (χ1n) is 34.9. The number of pyridine rings is 2. The molecule has 10 aliphatic heterocycles. The van der Waals surface area contributed by atoms with Gasteiger partial charge in [-0.15, -0.1) is 76.9 Å². The van der Waals surface area contributed by atoms with E-state index >= 15 is 0 Å². The van der Waals surface area contributed by atoms with E-state index in [1.807, 2.05) is 55.3 Å². The molecule has 0 atom stereocenters. The van der Waals surface area contributed by atoms with E-state index in [-0.39, 0.29) is 109 Å². The second-order valence-electron chi connectivity index (χ2n) is 26.7. The molecule has 0 unspecified atom stereocenters. The third kappa shape index (κ3) is 17.2. The van der Waals surface area contributed by atoms with Gasteiger partial charge in [-0.3, -0.25) is 9.97 Å². The maximum atomic E-state index is 5.50. The molecule has 10 aliphatic rings. The zero-order valence-electron chi connectivity index (χ0n) is 59.9. The zero-order chi connectivity index (χ0) is 63.7. The second kappa shape index (κ2) is 38.1. The minimum atomic E-state index is 0. The van der Waals surface area contributed by atoms with Crippen molar-refractivity contribution in [2.45, 2.75) is 93.8 Å². The summed E-state index contributed by atoms with van der Waals surface area (Å²) in [6.45, 7) is 10.3. The van der Waals surface area contributed by atoms with Crippen molar-refractivity contribution < 1.29 is 77.9 Å². The number of rotatable bonds is 8. The number of nitrogens with two attached hydrogens (primary N) is 5. The van der Waals surface area contributed by atoms with E-state index in [1.54, 1.807) is 0 Å². The Labute approximate surface area is 666 Å². The number of hydrogen-bond acceptors (Lipinski definition) is 9. The minimum absolute atomic E-state index is 0. The fourth-order valence-electron chi connectivity index (χ4n) is 16.3. The van der Waals surface area contributed by atoms with Crippen molar-refractivity contribution in [3.05, 3.63) is 242 Å². The van der Waals surface area contributed by atoms with Gasteiger partial charge in [-0.2, -0.15) is 6.20 Å². The van der Waals surface area contributed by atoms with Gasteiger partial charge in [-0.1, -0.05) is 86.4 Å². The fraction of sp³-hybridized carbons (Fsp3) is 0.325. The van der Waals surface area contributed by atoms with Crippen LogP contribution in [0.5, 0.6) is 0 Å². The van der Waals surface area contributed by atoms with Crippen LogP contribution in [0.4, 0.5) is 0 Å². The van der Waals surface area contributed by atoms with Crippen LogP contribution < -0.4 is 35.9 Å². The summed E-state index contributed by atoms with van der Waals surface area (Å²) < 4.78 is 0. The molecular weight excluding hydrogens is 1520 g/mol. The van der Waals surface area contributed by atoms with E-state index in [9.17, 15) is 0 Å². The van der Waals surface area contributed by atoms with E-state index in [1.165, 1.54) is 27.8 Å². The van der Waals surface area contributed by atoms with Gasteiger partial charge in [0.15, 0.2) is 0 Å². The molecule has 5 saturated heterocycles. The fourth-order valence-corrected chi connectivity index (χ4v) is 16.3. The molecular formula is C80H87N21Zn4-10. The van der Waals surface area contributed by atoms with Gasteiger partial charge in [0.2, 0.25) is 0 Å². The molecule has 18 heterocycles. The van der Waals surface area contributed by atoms with E-state index in [2.05, 4.69) is 141 Å². The molecule has 8 aromatic rings. The van der Waals surface area contributed by atoms with Crippen molar-refractivity contribution in [2.75, 3.05) is 72.0 Å². The molecule has 0 aromatic carbocycles. The van der Waals surface area contributed by atoms with Crippen molar-refractivity contribution in [1.29, 1.82) is 0 Å². The standard InChI is InChI=1S/C40H46N8.C40H31N8.5H2N.4Zn/c2*1-2-30-38(26-11-19-42-20-12-26)32-5-6-34(47-32)40(28-15-23-44-24-16-28)36-8-7-35(48-36)39(27-13-21-43-22-14-27)33-4-3-31(46-33)37(29(1)45-30)25-9-17-41-18-10-25;;;;;;;;;/h1-8,25-28,41,44H,9-24H2;1-14,17-21,28,44H,15-16,22-24H2;5*1H2;;;;/q-4;-3;5*-1;;;;+2. The Balaban J connectivity index is 0.000000245. The normalized spacial score (nSPS) is 17.1. The molecule has 13 N–H and O–H groups in total. The van der Waals surface area contributed by atoms with Crippen LogP contribution in [0, 0.1) is 0 Å². The van der Waals surface area contributed by atoms with Gasteiger partial charge < -0.3 is 82.6 Å². The van der Waals surface area contributed by atoms with Crippen molar-refractivity contribution in [2.24, 2.45) is 0 Å². The molecule has 8 aromatic heterocycles. The summed E-state index contributed by atoms with van der Waals surface area (Å²) in [5.41, 5.74) is 28.0. The summed E-state index contributed by atoms with van der Waals surface area (Å²) in [5, 5.41) is 24.5. The van der Waals surface area contributed by atoms with Crippen LogP contribution in [-0.2, 0) is 77.9 Å². The molecule has 530 valence electrons. The molecule has 25 heteroatoms. The summed E-state index contributed by atoms with van der Waals surface area (Å²) in [6, 6.07) is 25.6. The predicted octanol–water partition coefficient (Wildman–Crippen LogP) is 18.7. The smallest absolute Gasteiger partial charge is 0.693 e. The molecule has 21 nitrogen and oxygen atoms in total. The molecule has 0 amide bonds. The van der Waals surface area contributed by atoms with Crippen molar-refractivity contribution in [1.82, 2.24) is 65.8 Å². The van der Waals surface area contributed by atoms with Crippen LogP contribution in [0.15, 0.2) is 116 Å². The van der Waals surface area contributed by atoms with Crippen LogP contribution in [0.2, 0.25) is 0 Å². The van der Waals surface area contributed by atoms with Crippen molar-refractivity contribution in [3.8, 4) is 22.3 Å². The first kappa shape index (κ1) is 83.5. The number of nitrogens with one attached hydrogen (secondary N) is 3. The zero-order valence-corrected chi connectivity index (χ0v) is 71.7. The van der Waals surface area contributed by atoms with Crippen LogP contribution in [0.3, 0.4) is 0 Å². The third-order valence-corrected chi connectivity index (χ3v) is 21.0. The monoisotopic (exact) mass is 1600 g/mol. The topological polar surface area (TPSA) is 380 Å². The number of nitrogens with zero attached hydrogens (tertiary/aromatic N) is 13. The first-order chi connectivity index (χ1) is 47.6. The van der Waals surface area contributed by atoms with Gasteiger partial charge in [-0.05, 0) is 241 Å². The summed E-state index contributed by atoms with van der Waals surface area (Å²) in [5.74, 6) is 1.95. The van der Waals surface area contributed by atoms with Gasteiger partial charge >= 0.3 is 19.5 Å². The number of fused-ring (bicyclic) bond motifs is 16. The minimum Gasteiger partial charge on any atom is -0.693 e. The van der Waals surface area contributed by atoms with Gasteiger partial charge in [0, 0.05) is 83.2 Å². The Kier molecular flexibility index (Phi) is 30.3. The number of allylic oxidation sites excluding steroid dienone is 2. The van der Waals surface area contributed by atoms with Crippen molar-refractivity contribution >= 4 is 98.3 Å². The average molecular weight is 1600 g/mol. The molecule has 0 aliphatic carbocycles. The Hall–Kier alpha value is -7.13. The molecule has 105 heavy (non-hydrogen) atoms. The summed E-state index contributed by atoms with van der Waals surface area (Å²) >= 11 is 0. The number of hydrogen-bond donors (Lipinski definition) is 3. The maximum absolute atomic E-state index is 5.50.